The molecule has 0 saturated carbocycles. The summed E-state index contributed by atoms with van der Waals surface area (Å²) in [5, 5.41) is 5.88. The van der Waals surface area contributed by atoms with E-state index in [0.717, 1.165) is 38.3 Å². The summed E-state index contributed by atoms with van der Waals surface area (Å²) in [7, 11) is -3.77. The normalized spacial score (nSPS) is 20.3. The third kappa shape index (κ3) is 9.73. The highest BCUT2D eigenvalue weighted by Gasteiger charge is 2.43. The lowest BCUT2D eigenvalue weighted by molar-refractivity contribution is -0.140. The van der Waals surface area contributed by atoms with E-state index >= 15 is 0 Å². The Hall–Kier alpha value is -2.52. The Labute approximate surface area is 258 Å². The molecule has 2 amide bonds. The zero-order valence-corrected chi connectivity index (χ0v) is 26.2. The maximum Gasteiger partial charge on any atom is 0.243 e. The first kappa shape index (κ1) is 33.4. The van der Waals surface area contributed by atoms with Crippen LogP contribution in [0.15, 0.2) is 40.9 Å². The van der Waals surface area contributed by atoms with Crippen molar-refractivity contribution in [1.29, 1.82) is 0 Å². The van der Waals surface area contributed by atoms with Crippen LogP contribution in [0.4, 0.5) is 13.2 Å². The molecule has 43 heavy (non-hydrogen) atoms. The highest BCUT2D eigenvalue weighted by molar-refractivity contribution is 9.10. The Morgan fingerprint density at radius 2 is 1.79 bits per heavy atom. The van der Waals surface area contributed by atoms with Crippen molar-refractivity contribution in [3.05, 3.63) is 69.4 Å². The fourth-order valence-corrected chi connectivity index (χ4v) is 6.55. The van der Waals surface area contributed by atoms with Crippen molar-refractivity contribution in [2.24, 2.45) is 5.92 Å². The number of halogens is 4. The molecule has 0 radical (unpaired) electrons. The van der Waals surface area contributed by atoms with E-state index in [1.54, 1.807) is 12.1 Å². The van der Waals surface area contributed by atoms with Crippen LogP contribution in [-0.4, -0.2) is 69.2 Å². The van der Waals surface area contributed by atoms with Crippen molar-refractivity contribution < 1.29 is 35.9 Å². The summed E-state index contributed by atoms with van der Waals surface area (Å²) < 4.78 is 75.3. The van der Waals surface area contributed by atoms with Gasteiger partial charge in [0.25, 0.3) is 0 Å². The van der Waals surface area contributed by atoms with Crippen molar-refractivity contribution in [2.75, 3.05) is 25.9 Å². The van der Waals surface area contributed by atoms with E-state index in [2.05, 4.69) is 31.3 Å². The molecule has 2 aromatic carbocycles. The molecule has 2 aliphatic heterocycles. The summed E-state index contributed by atoms with van der Waals surface area (Å²) in [6.45, 7) is 1.31. The van der Waals surface area contributed by atoms with Crippen molar-refractivity contribution >= 4 is 37.8 Å². The number of nitrogens with one attached hydrogen (secondary N) is 3. The molecule has 0 aliphatic carbocycles. The third-order valence-electron chi connectivity index (χ3n) is 7.78. The highest BCUT2D eigenvalue weighted by atomic mass is 79.9. The van der Waals surface area contributed by atoms with Gasteiger partial charge in [0.2, 0.25) is 21.8 Å². The number of amides is 2. The minimum absolute atomic E-state index is 0.0325. The smallest absolute Gasteiger partial charge is 0.243 e. The number of piperidine rings is 1. The summed E-state index contributed by atoms with van der Waals surface area (Å²) in [4.78, 5) is 28.5. The summed E-state index contributed by atoms with van der Waals surface area (Å²) in [6, 6.07) is 5.38. The van der Waals surface area contributed by atoms with Crippen molar-refractivity contribution in [1.82, 2.24) is 20.3 Å². The average molecular weight is 690 g/mol. The maximum atomic E-state index is 14.4. The Balaban J connectivity index is 1.51. The molecule has 2 aliphatic rings. The van der Waals surface area contributed by atoms with E-state index in [4.69, 9.17) is 4.74 Å². The number of carbonyl (C=O) groups excluding carboxylic acids is 2. The predicted molar refractivity (Wildman–Crippen MR) is 158 cm³/mol. The van der Waals surface area contributed by atoms with Crippen LogP contribution >= 0.6 is 15.9 Å². The zero-order valence-electron chi connectivity index (χ0n) is 23.8. The molecule has 0 bridgehead atoms. The minimum atomic E-state index is -3.77. The Morgan fingerprint density at radius 3 is 2.47 bits per heavy atom. The number of benzene rings is 2. The van der Waals surface area contributed by atoms with Gasteiger partial charge in [-0.15, -0.1) is 0 Å². The lowest BCUT2D eigenvalue weighted by atomic mass is 9.91. The molecular formula is C29H36BrF3N4O5S. The quantitative estimate of drug-likeness (QED) is 0.315. The number of ether oxygens (including phenoxy) is 1. The molecule has 4 rings (SSSR count). The molecule has 3 atom stereocenters. The number of hydrogen-bond acceptors (Lipinski definition) is 6. The average Bonchev–Trinajstić information content (AvgIpc) is 3.38. The van der Waals surface area contributed by atoms with Gasteiger partial charge in [0, 0.05) is 41.2 Å². The Bertz CT molecular complexity index is 1410. The van der Waals surface area contributed by atoms with Crippen LogP contribution in [-0.2, 0) is 37.5 Å². The second-order valence-electron chi connectivity index (χ2n) is 11.1. The van der Waals surface area contributed by atoms with Crippen LogP contribution in [0.5, 0.6) is 0 Å². The van der Waals surface area contributed by atoms with E-state index in [1.807, 2.05) is 0 Å². The largest absolute Gasteiger partial charge is 0.371 e. The van der Waals surface area contributed by atoms with E-state index in [1.165, 1.54) is 17.0 Å². The molecule has 0 aromatic heterocycles. The Kier molecular flexibility index (Phi) is 11.6. The van der Waals surface area contributed by atoms with Gasteiger partial charge in [-0.3, -0.25) is 9.59 Å². The molecule has 9 nitrogen and oxygen atoms in total. The predicted octanol–water partition coefficient (Wildman–Crippen LogP) is 3.37. The summed E-state index contributed by atoms with van der Waals surface area (Å²) in [5.41, 5.74) is 0.349. The number of carbonyl (C=O) groups is 2. The van der Waals surface area contributed by atoms with Crippen LogP contribution < -0.4 is 15.4 Å². The minimum Gasteiger partial charge on any atom is -0.371 e. The lowest BCUT2D eigenvalue weighted by Gasteiger charge is -2.30. The maximum absolute atomic E-state index is 14.4. The van der Waals surface area contributed by atoms with Gasteiger partial charge in [-0.25, -0.2) is 26.3 Å². The van der Waals surface area contributed by atoms with Gasteiger partial charge in [-0.2, -0.15) is 0 Å². The molecule has 2 aromatic rings. The molecule has 236 valence electrons. The van der Waals surface area contributed by atoms with Gasteiger partial charge in [0.15, 0.2) is 0 Å². The summed E-state index contributed by atoms with van der Waals surface area (Å²) in [6.07, 6.45) is 3.07. The summed E-state index contributed by atoms with van der Waals surface area (Å²) in [5.74, 6) is -2.91. The van der Waals surface area contributed by atoms with Crippen LogP contribution in [0.1, 0.15) is 43.2 Å². The molecule has 0 unspecified atom stereocenters. The number of rotatable bonds is 12. The number of sulfonamides is 1. The topological polar surface area (TPSA) is 117 Å². The molecule has 2 heterocycles. The van der Waals surface area contributed by atoms with Crippen molar-refractivity contribution in [2.45, 2.75) is 63.4 Å². The molecular weight excluding hydrogens is 653 g/mol. The van der Waals surface area contributed by atoms with Gasteiger partial charge in [-0.05, 0) is 62.9 Å². The molecule has 3 N–H and O–H groups in total. The van der Waals surface area contributed by atoms with Gasteiger partial charge < -0.3 is 20.3 Å². The second kappa shape index (κ2) is 15.0. The van der Waals surface area contributed by atoms with Crippen molar-refractivity contribution in [3.63, 3.8) is 0 Å². The van der Waals surface area contributed by atoms with E-state index in [0.29, 0.717) is 28.4 Å². The van der Waals surface area contributed by atoms with Gasteiger partial charge in [-0.1, -0.05) is 28.1 Å². The fraction of sp³-hybridized carbons (Fsp3) is 0.517. The first-order valence-electron chi connectivity index (χ1n) is 14.1. The molecule has 2 fully saturated rings. The SMILES string of the molecule is CS(=O)(=O)N[C@H](CCC1CCNCC1)C(=O)N1C[C@H](OCc2ccc(Br)cc2F)C[C@@H]1C(=O)NCc1ccc(F)cc1F. The van der Waals surface area contributed by atoms with E-state index in [9.17, 15) is 31.2 Å². The van der Waals surface area contributed by atoms with E-state index < -0.39 is 57.5 Å². The molecule has 0 spiro atoms. The third-order valence-corrected chi connectivity index (χ3v) is 8.99. The van der Waals surface area contributed by atoms with Gasteiger partial charge in [0.05, 0.1) is 19.0 Å². The lowest BCUT2D eigenvalue weighted by Crippen LogP contribution is -2.53. The molecule has 14 heteroatoms. The highest BCUT2D eigenvalue weighted by Crippen LogP contribution is 2.26. The fourth-order valence-electron chi connectivity index (χ4n) is 5.49. The van der Waals surface area contributed by atoms with Gasteiger partial charge in [0.1, 0.15) is 29.5 Å². The second-order valence-corrected chi connectivity index (χ2v) is 13.8. The first-order valence-corrected chi connectivity index (χ1v) is 16.8. The summed E-state index contributed by atoms with van der Waals surface area (Å²) >= 11 is 3.21. The number of nitrogens with zero attached hydrogens (tertiary/aromatic N) is 1. The zero-order chi connectivity index (χ0) is 31.1. The van der Waals surface area contributed by atoms with Crippen LogP contribution in [0, 0.1) is 23.4 Å². The monoisotopic (exact) mass is 688 g/mol. The van der Waals surface area contributed by atoms with Crippen LogP contribution in [0.2, 0.25) is 0 Å². The first-order chi connectivity index (χ1) is 20.4. The standard InChI is InChI=1S/C29H36BrF3N4O5S/c1-43(40,41)36-26(7-2-18-8-10-34-11-9-18)29(39)37-16-23(42-17-20-3-5-21(30)12-24(20)32)14-27(37)28(38)35-15-19-4-6-22(31)13-25(19)33/h3-6,12-13,18,23,26-27,34,36H,2,7-11,14-17H2,1H3,(H,35,38)/t23-,26-,27-/m1/s1. The number of likely N-dealkylation sites (tertiary alicyclic amines) is 1. The van der Waals surface area contributed by atoms with Crippen molar-refractivity contribution in [3.8, 4) is 0 Å². The number of hydrogen-bond donors (Lipinski definition) is 3. The molecule has 2 saturated heterocycles. The Morgan fingerprint density at radius 1 is 1.09 bits per heavy atom. The van der Waals surface area contributed by atoms with Crippen LogP contribution in [0.3, 0.4) is 0 Å². The van der Waals surface area contributed by atoms with E-state index in [-0.39, 0.29) is 38.1 Å². The van der Waals surface area contributed by atoms with Gasteiger partial charge >= 0.3 is 0 Å². The van der Waals surface area contributed by atoms with Crippen LogP contribution in [0.25, 0.3) is 0 Å².